The van der Waals surface area contributed by atoms with Gasteiger partial charge in [0.15, 0.2) is 0 Å². The van der Waals surface area contributed by atoms with Gasteiger partial charge in [-0.25, -0.2) is 9.78 Å². The van der Waals surface area contributed by atoms with Crippen LogP contribution in [0.5, 0.6) is 0 Å². The lowest BCUT2D eigenvalue weighted by molar-refractivity contribution is 0.0792. The number of amides is 2. The molecule has 4 aromatic rings. The summed E-state index contributed by atoms with van der Waals surface area (Å²) in [5.41, 5.74) is 4.27. The second kappa shape index (κ2) is 11.0. The van der Waals surface area contributed by atoms with Crippen LogP contribution in [-0.2, 0) is 6.54 Å². The second-order valence-corrected chi connectivity index (χ2v) is 9.60. The van der Waals surface area contributed by atoms with Gasteiger partial charge in [-0.05, 0) is 60.9 Å². The average Bonchev–Trinajstić information content (AvgIpc) is 3.37. The lowest BCUT2D eigenvalue weighted by atomic mass is 10.1. The molecule has 38 heavy (non-hydrogen) atoms. The highest BCUT2D eigenvalue weighted by Crippen LogP contribution is 2.29. The van der Waals surface area contributed by atoms with E-state index in [2.05, 4.69) is 20.5 Å². The predicted octanol–water partition coefficient (Wildman–Crippen LogP) is 4.20. The predicted molar refractivity (Wildman–Crippen MR) is 149 cm³/mol. The number of fused-ring (bicyclic) bond motifs is 1. The average molecular weight is 513 g/mol. The summed E-state index contributed by atoms with van der Waals surface area (Å²) in [6.07, 6.45) is 4.78. The molecule has 0 bridgehead atoms. The minimum absolute atomic E-state index is 0.188. The van der Waals surface area contributed by atoms with Crippen molar-refractivity contribution >= 4 is 40.0 Å². The molecule has 196 valence electrons. The number of rotatable bonds is 6. The molecule has 9 nitrogen and oxygen atoms in total. The van der Waals surface area contributed by atoms with Crippen LogP contribution in [0.2, 0.25) is 0 Å². The summed E-state index contributed by atoms with van der Waals surface area (Å²) in [6.45, 7) is 2.46. The van der Waals surface area contributed by atoms with Crippen molar-refractivity contribution < 1.29 is 14.7 Å². The van der Waals surface area contributed by atoms with Gasteiger partial charge in [-0.2, -0.15) is 0 Å². The largest absolute Gasteiger partial charge is 0.393 e. The Hall–Kier alpha value is -4.21. The number of likely N-dealkylation sites (tertiary alicyclic amines) is 1. The molecule has 2 aromatic heterocycles. The van der Waals surface area contributed by atoms with Crippen LogP contribution in [0.25, 0.3) is 10.9 Å². The summed E-state index contributed by atoms with van der Waals surface area (Å²) < 4.78 is 1.57. The van der Waals surface area contributed by atoms with E-state index in [9.17, 15) is 14.7 Å². The van der Waals surface area contributed by atoms with Crippen LogP contribution in [0.1, 0.15) is 28.8 Å². The number of benzene rings is 2. The van der Waals surface area contributed by atoms with E-state index in [0.29, 0.717) is 11.4 Å². The summed E-state index contributed by atoms with van der Waals surface area (Å²) in [7, 11) is 3.55. The Bertz CT molecular complexity index is 1460. The normalized spacial score (nSPS) is 14.4. The Balaban J connectivity index is 1.28. The smallest absolute Gasteiger partial charge is 0.325 e. The van der Waals surface area contributed by atoms with Crippen molar-refractivity contribution in [1.29, 1.82) is 0 Å². The molecule has 0 spiro atoms. The van der Waals surface area contributed by atoms with Gasteiger partial charge in [-0.15, -0.1) is 0 Å². The van der Waals surface area contributed by atoms with Gasteiger partial charge in [0, 0.05) is 74.5 Å². The van der Waals surface area contributed by atoms with Crippen molar-refractivity contribution in [2.45, 2.75) is 25.5 Å². The van der Waals surface area contributed by atoms with Crippen LogP contribution in [0.4, 0.5) is 22.0 Å². The molecule has 1 aliphatic rings. The highest BCUT2D eigenvalue weighted by Gasteiger charge is 2.18. The number of carbonyl (C=O) groups excluding carboxylic acids is 2. The number of nitrogens with one attached hydrogen (secondary N) is 2. The molecule has 1 fully saturated rings. The molecule has 5 rings (SSSR count). The summed E-state index contributed by atoms with van der Waals surface area (Å²) in [5.74, 6) is 0.242. The van der Waals surface area contributed by atoms with Gasteiger partial charge < -0.3 is 20.6 Å². The summed E-state index contributed by atoms with van der Waals surface area (Å²) >= 11 is 0. The first-order valence-electron chi connectivity index (χ1n) is 12.7. The zero-order valence-electron chi connectivity index (χ0n) is 21.6. The molecule has 1 saturated heterocycles. The van der Waals surface area contributed by atoms with Crippen LogP contribution in [0.15, 0.2) is 73.1 Å². The van der Waals surface area contributed by atoms with E-state index >= 15 is 0 Å². The van der Waals surface area contributed by atoms with Crippen LogP contribution in [0, 0.1) is 0 Å². The van der Waals surface area contributed by atoms with Crippen molar-refractivity contribution in [3.05, 3.63) is 84.2 Å². The molecule has 0 atom stereocenters. The molecule has 0 unspecified atom stereocenters. The van der Waals surface area contributed by atoms with E-state index in [1.807, 2.05) is 66.5 Å². The Morgan fingerprint density at radius 3 is 2.63 bits per heavy atom. The van der Waals surface area contributed by atoms with E-state index < -0.39 is 0 Å². The maximum atomic E-state index is 13.0. The highest BCUT2D eigenvalue weighted by molar-refractivity contribution is 6.04. The Morgan fingerprint density at radius 1 is 1.05 bits per heavy atom. The van der Waals surface area contributed by atoms with Gasteiger partial charge in [0.05, 0.1) is 11.6 Å². The van der Waals surface area contributed by atoms with Crippen molar-refractivity contribution in [2.75, 3.05) is 37.4 Å². The van der Waals surface area contributed by atoms with E-state index in [4.69, 9.17) is 0 Å². The molecule has 3 heterocycles. The maximum absolute atomic E-state index is 13.0. The summed E-state index contributed by atoms with van der Waals surface area (Å²) in [4.78, 5) is 33.8. The number of carbonyl (C=O) groups is 2. The van der Waals surface area contributed by atoms with Gasteiger partial charge in [-0.1, -0.05) is 12.1 Å². The third kappa shape index (κ3) is 5.53. The first kappa shape index (κ1) is 25.4. The fourth-order valence-electron chi connectivity index (χ4n) is 4.82. The third-order valence-electron chi connectivity index (χ3n) is 7.02. The number of aromatic nitrogens is 2. The van der Waals surface area contributed by atoms with Crippen molar-refractivity contribution in [3.63, 3.8) is 0 Å². The number of hydrogen-bond donors (Lipinski definition) is 3. The van der Waals surface area contributed by atoms with Crippen LogP contribution >= 0.6 is 0 Å². The van der Waals surface area contributed by atoms with E-state index in [1.165, 1.54) is 0 Å². The van der Waals surface area contributed by atoms with Gasteiger partial charge >= 0.3 is 6.03 Å². The van der Waals surface area contributed by atoms with E-state index in [0.717, 1.165) is 60.3 Å². The maximum Gasteiger partial charge on any atom is 0.325 e. The van der Waals surface area contributed by atoms with Gasteiger partial charge in [-0.3, -0.25) is 14.3 Å². The minimum Gasteiger partial charge on any atom is -0.393 e. The molecule has 1 aliphatic heterocycles. The fourth-order valence-corrected chi connectivity index (χ4v) is 4.82. The summed E-state index contributed by atoms with van der Waals surface area (Å²) in [6, 6.07) is 19.0. The van der Waals surface area contributed by atoms with Crippen molar-refractivity contribution in [3.8, 4) is 0 Å². The first-order chi connectivity index (χ1) is 18.4. The molecule has 3 N–H and O–H groups in total. The number of hydrogen-bond acceptors (Lipinski definition) is 6. The molecular weight excluding hydrogens is 480 g/mol. The zero-order valence-corrected chi connectivity index (χ0v) is 21.6. The van der Waals surface area contributed by atoms with Gasteiger partial charge in [0.1, 0.15) is 5.82 Å². The Labute approximate surface area is 221 Å². The monoisotopic (exact) mass is 512 g/mol. The lowest BCUT2D eigenvalue weighted by Gasteiger charge is -2.29. The zero-order chi connectivity index (χ0) is 26.6. The summed E-state index contributed by atoms with van der Waals surface area (Å²) in [5, 5.41) is 16.2. The first-order valence-corrected chi connectivity index (χ1v) is 12.7. The van der Waals surface area contributed by atoms with E-state index in [1.54, 1.807) is 30.1 Å². The van der Waals surface area contributed by atoms with Crippen molar-refractivity contribution in [2.24, 2.45) is 0 Å². The molecule has 2 aromatic carbocycles. The van der Waals surface area contributed by atoms with Crippen LogP contribution in [-0.4, -0.2) is 64.8 Å². The standard InChI is InChI=1S/C29H32N6O3/c1-30-29(38)35-15-9-21-17-23(6-7-26(21)35)33(2)24-8-12-31-27(18-24)32-28(37)22-5-3-4-20(16-22)19-34-13-10-25(36)11-14-34/h3-9,12,15-18,25,36H,10-11,13-14,19H2,1-2H3,(H,30,38)(H,31,32,37). The van der Waals surface area contributed by atoms with E-state index in [-0.39, 0.29) is 18.0 Å². The van der Waals surface area contributed by atoms with Crippen LogP contribution < -0.4 is 15.5 Å². The third-order valence-corrected chi connectivity index (χ3v) is 7.02. The van der Waals surface area contributed by atoms with Crippen LogP contribution in [0.3, 0.4) is 0 Å². The molecule has 0 saturated carbocycles. The SMILES string of the molecule is CNC(=O)n1ccc2cc(N(C)c3ccnc(NC(=O)c4cccc(CN5CCC(O)CC5)c4)c3)ccc21. The lowest BCUT2D eigenvalue weighted by Crippen LogP contribution is -2.35. The second-order valence-electron chi connectivity index (χ2n) is 9.60. The number of piperidine rings is 1. The number of nitrogens with zero attached hydrogens (tertiary/aromatic N) is 4. The van der Waals surface area contributed by atoms with Crippen molar-refractivity contribution in [1.82, 2.24) is 19.8 Å². The molecule has 0 radical (unpaired) electrons. The number of pyridine rings is 1. The highest BCUT2D eigenvalue weighted by atomic mass is 16.3. The quantitative estimate of drug-likeness (QED) is 0.358. The van der Waals surface area contributed by atoms with Gasteiger partial charge in [0.25, 0.3) is 5.91 Å². The Morgan fingerprint density at radius 2 is 1.84 bits per heavy atom. The number of aliphatic hydroxyl groups excluding tert-OH is 1. The van der Waals surface area contributed by atoms with Gasteiger partial charge in [0.2, 0.25) is 0 Å². The molecule has 2 amide bonds. The topological polar surface area (TPSA) is 103 Å². The number of anilines is 3. The molecular formula is C29H32N6O3. The minimum atomic E-state index is -0.217. The number of aliphatic hydroxyl groups is 1. The fraction of sp³-hybridized carbons (Fsp3) is 0.276. The Kier molecular flexibility index (Phi) is 7.39. The molecule has 0 aliphatic carbocycles. The molecule has 9 heteroatoms.